The van der Waals surface area contributed by atoms with Crippen LogP contribution in [-0.2, 0) is 10.2 Å². The quantitative estimate of drug-likeness (QED) is 0.851. The van der Waals surface area contributed by atoms with Gasteiger partial charge < -0.3 is 9.84 Å². The third kappa shape index (κ3) is 1.81. The lowest BCUT2D eigenvalue weighted by molar-refractivity contribution is 0.262. The summed E-state index contributed by atoms with van der Waals surface area (Å²) in [6.07, 6.45) is 1.27. The Balaban J connectivity index is 2.39. The smallest absolute Gasteiger partial charge is 0.191 e. The molecular weight excluding hydrogens is 226 g/mol. The minimum atomic E-state index is -0.459. The first kappa shape index (κ1) is 11.4. The Kier molecular flexibility index (Phi) is 3.17. The number of ether oxygens (including phenoxy) is 1. The van der Waals surface area contributed by atoms with Gasteiger partial charge in [0.2, 0.25) is 0 Å². The maximum atomic E-state index is 9.15. The Morgan fingerprint density at radius 3 is 2.56 bits per heavy atom. The number of aliphatic hydroxyl groups excluding tert-OH is 1. The van der Waals surface area contributed by atoms with Crippen molar-refractivity contribution in [1.29, 1.82) is 5.41 Å². The van der Waals surface area contributed by atoms with Gasteiger partial charge in [0.1, 0.15) is 0 Å². The first-order valence-electron chi connectivity index (χ1n) is 5.28. The van der Waals surface area contributed by atoms with E-state index in [1.54, 1.807) is 0 Å². The maximum absolute atomic E-state index is 9.15. The summed E-state index contributed by atoms with van der Waals surface area (Å²) in [6, 6.07) is 7.42. The van der Waals surface area contributed by atoms with E-state index >= 15 is 0 Å². The van der Waals surface area contributed by atoms with Crippen molar-refractivity contribution >= 4 is 17.5 Å². The molecule has 2 rings (SSSR count). The number of aliphatic hydroxyl groups is 1. The van der Waals surface area contributed by atoms with Crippen LogP contribution in [0.5, 0.6) is 0 Å². The lowest BCUT2D eigenvalue weighted by Gasteiger charge is -2.26. The number of hydrogen-bond acceptors (Lipinski definition) is 3. The molecule has 0 aromatic heterocycles. The zero-order valence-electron chi connectivity index (χ0n) is 8.87. The van der Waals surface area contributed by atoms with Crippen LogP contribution in [0.3, 0.4) is 0 Å². The fourth-order valence-corrected chi connectivity index (χ4v) is 2.32. The highest BCUT2D eigenvalue weighted by Crippen LogP contribution is 2.38. The number of halogens is 1. The van der Waals surface area contributed by atoms with Crippen molar-refractivity contribution in [2.24, 2.45) is 0 Å². The van der Waals surface area contributed by atoms with Gasteiger partial charge in [-0.15, -0.1) is 0 Å². The lowest BCUT2D eigenvalue weighted by Crippen LogP contribution is -2.32. The summed E-state index contributed by atoms with van der Waals surface area (Å²) in [4.78, 5) is 0. The molecule has 1 unspecified atom stereocenters. The standard InChI is InChI=1S/C12H14ClNO2/c13-10-3-1-9(2-4-10)12(5-7-15)6-8-16-11(12)14/h1-4,14-15H,5-8H2. The average Bonchev–Trinajstić information content (AvgIpc) is 2.63. The van der Waals surface area contributed by atoms with Crippen LogP contribution >= 0.6 is 11.6 Å². The van der Waals surface area contributed by atoms with Crippen molar-refractivity contribution in [2.45, 2.75) is 18.3 Å². The molecule has 16 heavy (non-hydrogen) atoms. The molecule has 0 amide bonds. The second-order valence-electron chi connectivity index (χ2n) is 3.99. The third-order valence-corrected chi connectivity index (χ3v) is 3.40. The Hall–Kier alpha value is -1.06. The molecule has 1 aliphatic rings. The van der Waals surface area contributed by atoms with E-state index in [4.69, 9.17) is 26.9 Å². The van der Waals surface area contributed by atoms with Crippen LogP contribution in [0.4, 0.5) is 0 Å². The lowest BCUT2D eigenvalue weighted by atomic mass is 9.76. The zero-order chi connectivity index (χ0) is 11.6. The largest absolute Gasteiger partial charge is 0.480 e. The first-order chi connectivity index (χ1) is 7.69. The molecule has 1 atom stereocenters. The van der Waals surface area contributed by atoms with Crippen LogP contribution in [-0.4, -0.2) is 24.2 Å². The van der Waals surface area contributed by atoms with E-state index in [9.17, 15) is 0 Å². The van der Waals surface area contributed by atoms with E-state index in [-0.39, 0.29) is 12.5 Å². The van der Waals surface area contributed by atoms with Crippen LogP contribution in [0.15, 0.2) is 24.3 Å². The normalized spacial score (nSPS) is 24.5. The van der Waals surface area contributed by atoms with Crippen molar-refractivity contribution in [3.05, 3.63) is 34.9 Å². The predicted octanol–water partition coefficient (Wildman–Crippen LogP) is 2.36. The molecule has 1 heterocycles. The molecule has 0 spiro atoms. The SMILES string of the molecule is N=C1OCCC1(CCO)c1ccc(Cl)cc1. The Labute approximate surface area is 99.5 Å². The number of hydrogen-bond donors (Lipinski definition) is 2. The molecule has 1 fully saturated rings. The highest BCUT2D eigenvalue weighted by atomic mass is 35.5. The monoisotopic (exact) mass is 239 g/mol. The molecule has 3 nitrogen and oxygen atoms in total. The van der Waals surface area contributed by atoms with Crippen molar-refractivity contribution in [3.63, 3.8) is 0 Å². The van der Waals surface area contributed by atoms with Gasteiger partial charge in [0, 0.05) is 11.6 Å². The van der Waals surface area contributed by atoms with Gasteiger partial charge >= 0.3 is 0 Å². The molecule has 1 saturated heterocycles. The zero-order valence-corrected chi connectivity index (χ0v) is 9.63. The molecule has 86 valence electrons. The van der Waals surface area contributed by atoms with Crippen molar-refractivity contribution < 1.29 is 9.84 Å². The van der Waals surface area contributed by atoms with Crippen LogP contribution in [0.2, 0.25) is 5.02 Å². The summed E-state index contributed by atoms with van der Waals surface area (Å²) in [6.45, 7) is 0.593. The van der Waals surface area contributed by atoms with E-state index in [1.807, 2.05) is 24.3 Å². The molecule has 4 heteroatoms. The Morgan fingerprint density at radius 2 is 2.06 bits per heavy atom. The van der Waals surface area contributed by atoms with E-state index in [2.05, 4.69) is 0 Å². The van der Waals surface area contributed by atoms with Crippen LogP contribution in [0.25, 0.3) is 0 Å². The molecular formula is C12H14ClNO2. The summed E-state index contributed by atoms with van der Waals surface area (Å²) in [5.74, 6) is 0.254. The summed E-state index contributed by atoms with van der Waals surface area (Å²) >= 11 is 5.84. The highest BCUT2D eigenvalue weighted by molar-refractivity contribution is 6.30. The van der Waals surface area contributed by atoms with Crippen LogP contribution in [0, 0.1) is 5.41 Å². The topological polar surface area (TPSA) is 53.3 Å². The molecule has 0 saturated carbocycles. The fraction of sp³-hybridized carbons (Fsp3) is 0.417. The summed E-state index contributed by atoms with van der Waals surface area (Å²) in [5.41, 5.74) is 0.535. The maximum Gasteiger partial charge on any atom is 0.191 e. The van der Waals surface area contributed by atoms with E-state index < -0.39 is 5.41 Å². The van der Waals surface area contributed by atoms with Crippen molar-refractivity contribution in [1.82, 2.24) is 0 Å². The van der Waals surface area contributed by atoms with Crippen molar-refractivity contribution in [2.75, 3.05) is 13.2 Å². The van der Waals surface area contributed by atoms with E-state index in [1.165, 1.54) is 0 Å². The molecule has 0 radical (unpaired) electrons. The average molecular weight is 240 g/mol. The van der Waals surface area contributed by atoms with Gasteiger partial charge in [-0.05, 0) is 30.5 Å². The van der Waals surface area contributed by atoms with Gasteiger partial charge in [0.05, 0.1) is 12.0 Å². The highest BCUT2D eigenvalue weighted by Gasteiger charge is 2.42. The molecule has 1 aromatic rings. The molecule has 1 aromatic carbocycles. The summed E-state index contributed by atoms with van der Waals surface area (Å²) in [5, 5.41) is 17.7. The van der Waals surface area contributed by atoms with Gasteiger partial charge in [-0.3, -0.25) is 5.41 Å². The number of nitrogens with one attached hydrogen (secondary N) is 1. The minimum Gasteiger partial charge on any atom is -0.480 e. The summed E-state index contributed by atoms with van der Waals surface area (Å²) in [7, 11) is 0. The van der Waals surface area contributed by atoms with Gasteiger partial charge in [-0.2, -0.15) is 0 Å². The van der Waals surface area contributed by atoms with Gasteiger partial charge in [0.15, 0.2) is 5.90 Å². The van der Waals surface area contributed by atoms with E-state index in [0.717, 1.165) is 12.0 Å². The van der Waals surface area contributed by atoms with Gasteiger partial charge in [-0.1, -0.05) is 23.7 Å². The van der Waals surface area contributed by atoms with Crippen LogP contribution < -0.4 is 0 Å². The fourth-order valence-electron chi connectivity index (χ4n) is 2.20. The first-order valence-corrected chi connectivity index (χ1v) is 5.65. The van der Waals surface area contributed by atoms with Crippen LogP contribution in [0.1, 0.15) is 18.4 Å². The second kappa shape index (κ2) is 4.44. The molecule has 0 aliphatic carbocycles. The van der Waals surface area contributed by atoms with E-state index in [0.29, 0.717) is 18.1 Å². The van der Waals surface area contributed by atoms with Crippen molar-refractivity contribution in [3.8, 4) is 0 Å². The molecule has 0 bridgehead atoms. The minimum absolute atomic E-state index is 0.0500. The predicted molar refractivity (Wildman–Crippen MR) is 63.1 cm³/mol. The van der Waals surface area contributed by atoms with Gasteiger partial charge in [0.25, 0.3) is 0 Å². The molecule has 2 N–H and O–H groups in total. The summed E-state index contributed by atoms with van der Waals surface area (Å²) < 4.78 is 5.25. The Morgan fingerprint density at radius 1 is 1.38 bits per heavy atom. The number of benzene rings is 1. The Bertz CT molecular complexity index is 391. The van der Waals surface area contributed by atoms with Gasteiger partial charge in [-0.25, -0.2) is 0 Å². The third-order valence-electron chi connectivity index (χ3n) is 3.15. The molecule has 1 aliphatic heterocycles. The number of rotatable bonds is 3. The second-order valence-corrected chi connectivity index (χ2v) is 4.43.